The molecule has 5 heteroatoms. The lowest BCUT2D eigenvalue weighted by Crippen LogP contribution is -2.41. The molecule has 14 heavy (non-hydrogen) atoms. The summed E-state index contributed by atoms with van der Waals surface area (Å²) in [5.74, 6) is -1.11. The topological polar surface area (TPSA) is 89.3 Å². The molecule has 4 nitrogen and oxygen atoms in total. The Morgan fingerprint density at radius 1 is 1.57 bits per heavy atom. The fourth-order valence-corrected chi connectivity index (χ4v) is 1.15. The number of carboxylic acid groups (broad SMARTS) is 1. The molecule has 0 fully saturated rings. The summed E-state index contributed by atoms with van der Waals surface area (Å²) in [6.07, 6.45) is 0. The van der Waals surface area contributed by atoms with Crippen molar-refractivity contribution in [1.82, 2.24) is 0 Å². The first-order valence-corrected chi connectivity index (χ1v) is 4.31. The number of hydrogen-bond acceptors (Lipinski definition) is 3. The van der Waals surface area contributed by atoms with Gasteiger partial charge in [-0.05, 0) is 24.6 Å². The van der Waals surface area contributed by atoms with Gasteiger partial charge in [-0.15, -0.1) is 0 Å². The Balaban J connectivity index is 3.21. The van der Waals surface area contributed by atoms with Gasteiger partial charge in [0.2, 0.25) is 0 Å². The smallest absolute Gasteiger partial charge is 0.328 e. The zero-order valence-electron chi connectivity index (χ0n) is 7.62. The molecule has 76 valence electrons. The first kappa shape index (κ1) is 10.8. The predicted molar refractivity (Wildman–Crippen MR) is 55.0 cm³/mol. The van der Waals surface area contributed by atoms with Gasteiger partial charge in [-0.1, -0.05) is 17.7 Å². The standard InChI is InChI=1S/C9H11ClN2O2/c1-9(12,8(13)14)5-2-3-7(11)6(10)4-5/h2-4H,11-12H2,1H3,(H,13,14)/t9-/m1/s1. The maximum atomic E-state index is 10.8. The molecular formula is C9H11ClN2O2. The fourth-order valence-electron chi connectivity index (χ4n) is 0.974. The number of benzene rings is 1. The second-order valence-electron chi connectivity index (χ2n) is 3.24. The summed E-state index contributed by atoms with van der Waals surface area (Å²) in [6.45, 7) is 1.40. The average Bonchev–Trinajstić information content (AvgIpc) is 2.09. The monoisotopic (exact) mass is 214 g/mol. The van der Waals surface area contributed by atoms with Crippen LogP contribution in [0.5, 0.6) is 0 Å². The van der Waals surface area contributed by atoms with Crippen molar-refractivity contribution in [2.75, 3.05) is 5.73 Å². The summed E-state index contributed by atoms with van der Waals surface area (Å²) in [7, 11) is 0. The molecule has 0 saturated heterocycles. The van der Waals surface area contributed by atoms with Gasteiger partial charge in [0.25, 0.3) is 0 Å². The third-order valence-electron chi connectivity index (χ3n) is 2.04. The molecule has 1 rings (SSSR count). The Labute approximate surface area is 86.5 Å². The van der Waals surface area contributed by atoms with Gasteiger partial charge in [0.15, 0.2) is 0 Å². The van der Waals surface area contributed by atoms with Gasteiger partial charge in [-0.2, -0.15) is 0 Å². The maximum absolute atomic E-state index is 10.8. The summed E-state index contributed by atoms with van der Waals surface area (Å²) >= 11 is 5.75. The number of nitrogens with two attached hydrogens (primary N) is 2. The van der Waals surface area contributed by atoms with E-state index in [4.69, 9.17) is 28.2 Å². The normalized spacial score (nSPS) is 14.8. The minimum Gasteiger partial charge on any atom is -0.480 e. The van der Waals surface area contributed by atoms with Crippen LogP contribution in [0.25, 0.3) is 0 Å². The van der Waals surface area contributed by atoms with Crippen LogP contribution in [0.4, 0.5) is 5.69 Å². The zero-order valence-corrected chi connectivity index (χ0v) is 8.38. The van der Waals surface area contributed by atoms with E-state index in [0.717, 1.165) is 0 Å². The van der Waals surface area contributed by atoms with Gasteiger partial charge < -0.3 is 16.6 Å². The van der Waals surface area contributed by atoms with Crippen molar-refractivity contribution in [3.05, 3.63) is 28.8 Å². The molecule has 0 saturated carbocycles. The van der Waals surface area contributed by atoms with E-state index in [9.17, 15) is 4.79 Å². The van der Waals surface area contributed by atoms with Gasteiger partial charge in [0, 0.05) is 0 Å². The second kappa shape index (κ2) is 3.48. The van der Waals surface area contributed by atoms with Crippen LogP contribution in [-0.2, 0) is 10.3 Å². The highest BCUT2D eigenvalue weighted by Gasteiger charge is 2.30. The Bertz CT molecular complexity index is 377. The van der Waals surface area contributed by atoms with Crippen LogP contribution in [-0.4, -0.2) is 11.1 Å². The molecule has 5 N–H and O–H groups in total. The number of nitrogen functional groups attached to an aromatic ring is 1. The lowest BCUT2D eigenvalue weighted by atomic mass is 9.93. The van der Waals surface area contributed by atoms with Crippen molar-refractivity contribution in [3.8, 4) is 0 Å². The first-order valence-electron chi connectivity index (χ1n) is 3.93. The molecule has 0 radical (unpaired) electrons. The molecule has 0 amide bonds. The molecule has 1 aromatic rings. The highest BCUT2D eigenvalue weighted by Crippen LogP contribution is 2.25. The van der Waals surface area contributed by atoms with Crippen LogP contribution in [0, 0.1) is 0 Å². The highest BCUT2D eigenvalue weighted by molar-refractivity contribution is 6.33. The minimum atomic E-state index is -1.45. The summed E-state index contributed by atoms with van der Waals surface area (Å²) in [6, 6.07) is 4.55. The van der Waals surface area contributed by atoms with Crippen LogP contribution >= 0.6 is 11.6 Å². The quantitative estimate of drug-likeness (QED) is 0.645. The second-order valence-corrected chi connectivity index (χ2v) is 3.65. The summed E-state index contributed by atoms with van der Waals surface area (Å²) < 4.78 is 0. The number of aliphatic carboxylic acids is 1. The number of carbonyl (C=O) groups is 1. The Hall–Kier alpha value is -1.26. The Morgan fingerprint density at radius 2 is 2.14 bits per heavy atom. The van der Waals surface area contributed by atoms with E-state index in [0.29, 0.717) is 16.3 Å². The third kappa shape index (κ3) is 1.81. The van der Waals surface area contributed by atoms with E-state index in [1.807, 2.05) is 0 Å². The fraction of sp³-hybridized carbons (Fsp3) is 0.222. The van der Waals surface area contributed by atoms with Crippen molar-refractivity contribution in [1.29, 1.82) is 0 Å². The highest BCUT2D eigenvalue weighted by atomic mass is 35.5. The van der Waals surface area contributed by atoms with E-state index in [2.05, 4.69) is 0 Å². The molecule has 1 aromatic carbocycles. The molecule has 1 atom stereocenters. The summed E-state index contributed by atoms with van der Waals surface area (Å²) in [4.78, 5) is 10.8. The molecule has 0 aliphatic rings. The largest absolute Gasteiger partial charge is 0.480 e. The van der Waals surface area contributed by atoms with Gasteiger partial charge in [-0.25, -0.2) is 4.79 Å². The van der Waals surface area contributed by atoms with Gasteiger partial charge in [0.1, 0.15) is 5.54 Å². The minimum absolute atomic E-state index is 0.306. The lowest BCUT2D eigenvalue weighted by molar-refractivity contribution is -0.143. The molecule has 0 bridgehead atoms. The van der Waals surface area contributed by atoms with Gasteiger partial charge in [-0.3, -0.25) is 0 Å². The van der Waals surface area contributed by atoms with Crippen molar-refractivity contribution < 1.29 is 9.90 Å². The van der Waals surface area contributed by atoms with Crippen molar-refractivity contribution >= 4 is 23.3 Å². The molecule has 0 aliphatic carbocycles. The van der Waals surface area contributed by atoms with E-state index in [1.54, 1.807) is 6.07 Å². The molecule has 0 aliphatic heterocycles. The predicted octanol–water partition coefficient (Wildman–Crippen LogP) is 1.18. The molecule has 0 unspecified atom stereocenters. The van der Waals surface area contributed by atoms with Crippen LogP contribution in [0.2, 0.25) is 5.02 Å². The third-order valence-corrected chi connectivity index (χ3v) is 2.37. The van der Waals surface area contributed by atoms with Crippen molar-refractivity contribution in [2.45, 2.75) is 12.5 Å². The van der Waals surface area contributed by atoms with Crippen LogP contribution < -0.4 is 11.5 Å². The summed E-state index contributed by atoms with van der Waals surface area (Å²) in [5.41, 5.74) is 10.5. The first-order chi connectivity index (χ1) is 6.35. The molecule has 0 spiro atoms. The number of halogens is 1. The van der Waals surface area contributed by atoms with E-state index < -0.39 is 11.5 Å². The van der Waals surface area contributed by atoms with Gasteiger partial charge in [0.05, 0.1) is 10.7 Å². The SMILES string of the molecule is C[C@](N)(C(=O)O)c1ccc(N)c(Cl)c1. The van der Waals surface area contributed by atoms with E-state index in [1.165, 1.54) is 19.1 Å². The average molecular weight is 215 g/mol. The Morgan fingerprint density at radius 3 is 2.57 bits per heavy atom. The van der Waals surface area contributed by atoms with Crippen LogP contribution in [0.15, 0.2) is 18.2 Å². The van der Waals surface area contributed by atoms with Crippen LogP contribution in [0.1, 0.15) is 12.5 Å². The maximum Gasteiger partial charge on any atom is 0.328 e. The molecular weight excluding hydrogens is 204 g/mol. The molecule has 0 heterocycles. The lowest BCUT2D eigenvalue weighted by Gasteiger charge is -2.20. The number of rotatable bonds is 2. The number of anilines is 1. The Kier molecular flexibility index (Phi) is 2.69. The van der Waals surface area contributed by atoms with Crippen molar-refractivity contribution in [2.24, 2.45) is 5.73 Å². The van der Waals surface area contributed by atoms with Gasteiger partial charge >= 0.3 is 5.97 Å². The van der Waals surface area contributed by atoms with Crippen molar-refractivity contribution in [3.63, 3.8) is 0 Å². The summed E-state index contributed by atoms with van der Waals surface area (Å²) in [5, 5.41) is 9.16. The van der Waals surface area contributed by atoms with E-state index in [-0.39, 0.29) is 0 Å². The zero-order chi connectivity index (χ0) is 10.9. The van der Waals surface area contributed by atoms with E-state index >= 15 is 0 Å². The number of hydrogen-bond donors (Lipinski definition) is 3. The molecule has 0 aromatic heterocycles. The van der Waals surface area contributed by atoms with Crippen LogP contribution in [0.3, 0.4) is 0 Å². The number of carboxylic acids is 1.